The van der Waals surface area contributed by atoms with E-state index in [1.807, 2.05) is 24.3 Å². The molecule has 104 valence electrons. The average molecular weight is 348 g/mol. The van der Waals surface area contributed by atoms with Crippen LogP contribution >= 0.6 is 27.7 Å². The zero-order valence-electron chi connectivity index (χ0n) is 10.3. The number of rotatable bonds is 6. The second-order valence-corrected chi connectivity index (χ2v) is 5.53. The van der Waals surface area contributed by atoms with Crippen LogP contribution in [0.4, 0.5) is 0 Å². The maximum atomic E-state index is 11.6. The van der Waals surface area contributed by atoms with Gasteiger partial charge >= 0.3 is 5.97 Å². The number of hydrogen-bond acceptors (Lipinski definition) is 5. The Morgan fingerprint density at radius 2 is 2.05 bits per heavy atom. The smallest absolute Gasteiger partial charge is 0.330 e. The number of hydrogen-bond donors (Lipinski definition) is 2. The summed E-state index contributed by atoms with van der Waals surface area (Å²) >= 11 is 4.67. The van der Waals surface area contributed by atoms with Gasteiger partial charge in [0.25, 0.3) is 0 Å². The van der Waals surface area contributed by atoms with E-state index >= 15 is 0 Å². The molecule has 0 radical (unpaired) electrons. The van der Waals surface area contributed by atoms with Crippen LogP contribution in [-0.4, -0.2) is 42.5 Å². The minimum absolute atomic E-state index is 0.162. The number of benzene rings is 1. The molecule has 0 heterocycles. The number of carbonyl (C=O) groups is 2. The minimum Gasteiger partial charge on any atom is -0.467 e. The third-order valence-corrected chi connectivity index (χ3v) is 3.73. The highest BCUT2D eigenvalue weighted by Crippen LogP contribution is 2.20. The maximum Gasteiger partial charge on any atom is 0.330 e. The Morgan fingerprint density at radius 1 is 1.42 bits per heavy atom. The molecule has 0 bridgehead atoms. The quantitative estimate of drug-likeness (QED) is 0.597. The van der Waals surface area contributed by atoms with E-state index in [2.05, 4.69) is 26.0 Å². The predicted octanol–water partition coefficient (Wildman–Crippen LogP) is 1.19. The molecule has 0 aliphatic carbocycles. The minimum atomic E-state index is -1.01. The first-order valence-electron chi connectivity index (χ1n) is 5.43. The zero-order valence-corrected chi connectivity index (χ0v) is 12.7. The van der Waals surface area contributed by atoms with Crippen molar-refractivity contribution in [2.75, 3.05) is 19.5 Å². The number of methoxy groups -OCH3 is 1. The van der Waals surface area contributed by atoms with E-state index in [1.54, 1.807) is 0 Å². The summed E-state index contributed by atoms with van der Waals surface area (Å²) in [6, 6.07) is 6.51. The molecule has 0 aliphatic rings. The van der Waals surface area contributed by atoms with Crippen LogP contribution in [-0.2, 0) is 14.3 Å². The summed E-state index contributed by atoms with van der Waals surface area (Å²) < 4.78 is 5.42. The van der Waals surface area contributed by atoms with E-state index < -0.39 is 18.6 Å². The Balaban J connectivity index is 2.42. The first-order chi connectivity index (χ1) is 9.06. The highest BCUT2D eigenvalue weighted by Gasteiger charge is 2.20. The van der Waals surface area contributed by atoms with Crippen molar-refractivity contribution in [1.29, 1.82) is 0 Å². The topological polar surface area (TPSA) is 75.6 Å². The van der Waals surface area contributed by atoms with Crippen molar-refractivity contribution in [3.63, 3.8) is 0 Å². The van der Waals surface area contributed by atoms with Gasteiger partial charge in [0.1, 0.15) is 0 Å². The first-order valence-corrected chi connectivity index (χ1v) is 7.21. The molecule has 1 aromatic carbocycles. The lowest BCUT2D eigenvalue weighted by atomic mass is 10.3. The number of thioether (sulfide) groups is 1. The number of esters is 1. The molecule has 1 atom stereocenters. The second-order valence-electron chi connectivity index (χ2n) is 3.57. The van der Waals surface area contributed by atoms with Crippen LogP contribution in [0, 0.1) is 0 Å². The van der Waals surface area contributed by atoms with E-state index in [9.17, 15) is 9.59 Å². The summed E-state index contributed by atoms with van der Waals surface area (Å²) in [6.45, 7) is -0.485. The second kappa shape index (κ2) is 8.19. The normalized spacial score (nSPS) is 11.7. The molecule has 0 spiro atoms. The summed E-state index contributed by atoms with van der Waals surface area (Å²) in [5, 5.41) is 11.4. The molecular formula is C12H14BrNO4S. The van der Waals surface area contributed by atoms with Crippen molar-refractivity contribution in [2.24, 2.45) is 0 Å². The molecule has 0 saturated heterocycles. The summed E-state index contributed by atoms with van der Waals surface area (Å²) in [7, 11) is 1.20. The third kappa shape index (κ3) is 5.63. The molecule has 0 aromatic heterocycles. The van der Waals surface area contributed by atoms with Crippen molar-refractivity contribution in [1.82, 2.24) is 5.32 Å². The van der Waals surface area contributed by atoms with Gasteiger partial charge in [0.05, 0.1) is 19.5 Å². The van der Waals surface area contributed by atoms with E-state index in [-0.39, 0.29) is 11.7 Å². The number of amides is 1. The summed E-state index contributed by atoms with van der Waals surface area (Å²) in [5.41, 5.74) is 0. The monoisotopic (exact) mass is 347 g/mol. The van der Waals surface area contributed by atoms with E-state index in [4.69, 9.17) is 5.11 Å². The van der Waals surface area contributed by atoms with Gasteiger partial charge in [0.15, 0.2) is 6.04 Å². The fourth-order valence-electron chi connectivity index (χ4n) is 1.24. The van der Waals surface area contributed by atoms with E-state index in [1.165, 1.54) is 18.9 Å². The number of carbonyl (C=O) groups excluding carboxylic acids is 2. The van der Waals surface area contributed by atoms with Gasteiger partial charge in [-0.15, -0.1) is 11.8 Å². The van der Waals surface area contributed by atoms with Gasteiger partial charge in [0, 0.05) is 9.37 Å². The van der Waals surface area contributed by atoms with Crippen LogP contribution < -0.4 is 5.32 Å². The molecule has 0 unspecified atom stereocenters. The molecule has 0 aliphatic heterocycles. The number of halogens is 1. The van der Waals surface area contributed by atoms with Gasteiger partial charge < -0.3 is 15.2 Å². The van der Waals surface area contributed by atoms with Crippen molar-refractivity contribution in [2.45, 2.75) is 10.9 Å². The Kier molecular flexibility index (Phi) is 6.90. The van der Waals surface area contributed by atoms with E-state index in [0.717, 1.165) is 9.37 Å². The van der Waals surface area contributed by atoms with Crippen LogP contribution in [0.2, 0.25) is 0 Å². The Bertz CT molecular complexity index is 438. The fraction of sp³-hybridized carbons (Fsp3) is 0.333. The van der Waals surface area contributed by atoms with Crippen molar-refractivity contribution < 1.29 is 19.4 Å². The molecule has 0 saturated carbocycles. The van der Waals surface area contributed by atoms with Crippen LogP contribution in [0.3, 0.4) is 0 Å². The molecule has 19 heavy (non-hydrogen) atoms. The standard InChI is InChI=1S/C12H14BrNO4S/c1-18-12(17)10(6-15)14-11(16)7-19-9-4-2-8(13)3-5-9/h2-5,10,15H,6-7H2,1H3,(H,14,16)/t10-/m1/s1. The Labute approximate surface area is 123 Å². The highest BCUT2D eigenvalue weighted by molar-refractivity contribution is 9.10. The summed E-state index contributed by atoms with van der Waals surface area (Å²) in [6.07, 6.45) is 0. The predicted molar refractivity (Wildman–Crippen MR) is 75.9 cm³/mol. The number of ether oxygens (including phenoxy) is 1. The van der Waals surface area contributed by atoms with Crippen LogP contribution in [0.5, 0.6) is 0 Å². The molecule has 5 nitrogen and oxygen atoms in total. The Hall–Kier alpha value is -1.05. The summed E-state index contributed by atoms with van der Waals surface area (Å²) in [4.78, 5) is 23.7. The van der Waals surface area contributed by atoms with Gasteiger partial charge in [-0.1, -0.05) is 15.9 Å². The van der Waals surface area contributed by atoms with Gasteiger partial charge in [0.2, 0.25) is 5.91 Å². The zero-order chi connectivity index (χ0) is 14.3. The van der Waals surface area contributed by atoms with Gasteiger partial charge in [-0.25, -0.2) is 4.79 Å². The maximum absolute atomic E-state index is 11.6. The Morgan fingerprint density at radius 3 is 2.58 bits per heavy atom. The molecule has 1 rings (SSSR count). The summed E-state index contributed by atoms with van der Waals surface area (Å²) in [5.74, 6) is -0.836. The lowest BCUT2D eigenvalue weighted by Crippen LogP contribution is -2.44. The molecule has 7 heteroatoms. The third-order valence-electron chi connectivity index (χ3n) is 2.19. The van der Waals surface area contributed by atoms with E-state index in [0.29, 0.717) is 0 Å². The van der Waals surface area contributed by atoms with Crippen molar-refractivity contribution >= 4 is 39.6 Å². The average Bonchev–Trinajstić information content (AvgIpc) is 2.43. The number of nitrogens with one attached hydrogen (secondary N) is 1. The number of aliphatic hydroxyl groups excluding tert-OH is 1. The highest BCUT2D eigenvalue weighted by atomic mass is 79.9. The molecule has 2 N–H and O–H groups in total. The largest absolute Gasteiger partial charge is 0.467 e. The van der Waals surface area contributed by atoms with Crippen molar-refractivity contribution in [3.05, 3.63) is 28.7 Å². The van der Waals surface area contributed by atoms with Gasteiger partial charge in [-0.3, -0.25) is 4.79 Å². The SMILES string of the molecule is COC(=O)[C@@H](CO)NC(=O)CSc1ccc(Br)cc1. The van der Waals surface area contributed by atoms with Crippen molar-refractivity contribution in [3.8, 4) is 0 Å². The van der Waals surface area contributed by atoms with Gasteiger partial charge in [-0.2, -0.15) is 0 Å². The first kappa shape index (κ1) is 16.0. The van der Waals surface area contributed by atoms with Crippen LogP contribution in [0.25, 0.3) is 0 Å². The lowest BCUT2D eigenvalue weighted by molar-refractivity contribution is -0.145. The van der Waals surface area contributed by atoms with Crippen LogP contribution in [0.15, 0.2) is 33.6 Å². The van der Waals surface area contributed by atoms with Gasteiger partial charge in [-0.05, 0) is 24.3 Å². The fourth-order valence-corrected chi connectivity index (χ4v) is 2.21. The molecular weight excluding hydrogens is 334 g/mol. The molecule has 1 amide bonds. The van der Waals surface area contributed by atoms with Crippen LogP contribution in [0.1, 0.15) is 0 Å². The lowest BCUT2D eigenvalue weighted by Gasteiger charge is -2.13. The number of aliphatic hydroxyl groups is 1. The molecule has 0 fully saturated rings. The molecule has 1 aromatic rings.